The zero-order valence-corrected chi connectivity index (χ0v) is 51.9. The number of hydrogen-bond donors (Lipinski definition) is 2. The Hall–Kier alpha value is -3.60. The Morgan fingerprint density at radius 1 is 0.362 bits per heavy atom. The molecular formula is C68H117O11P. The fourth-order valence-corrected chi connectivity index (χ4v) is 9.37. The first kappa shape index (κ1) is 76.4. The van der Waals surface area contributed by atoms with Crippen molar-refractivity contribution in [3.63, 3.8) is 0 Å². The number of phosphoric ester groups is 1. The van der Waals surface area contributed by atoms with E-state index in [0.717, 1.165) is 135 Å². The van der Waals surface area contributed by atoms with E-state index in [2.05, 4.69) is 118 Å². The Morgan fingerprint density at radius 3 is 1.00 bits per heavy atom. The van der Waals surface area contributed by atoms with Gasteiger partial charge in [0.2, 0.25) is 0 Å². The molecule has 80 heavy (non-hydrogen) atoms. The number of aliphatic hydroxyl groups is 1. The summed E-state index contributed by atoms with van der Waals surface area (Å²) in [6.07, 6.45) is 73.5. The van der Waals surface area contributed by atoms with E-state index in [9.17, 15) is 28.9 Å². The molecule has 0 fully saturated rings. The summed E-state index contributed by atoms with van der Waals surface area (Å²) in [6, 6.07) is 0. The number of ether oxygens (including phenoxy) is 3. The van der Waals surface area contributed by atoms with Crippen molar-refractivity contribution < 1.29 is 52.2 Å². The summed E-state index contributed by atoms with van der Waals surface area (Å²) in [6.45, 7) is 4.47. The topological polar surface area (TPSA) is 155 Å². The molecule has 0 saturated carbocycles. The fourth-order valence-electron chi connectivity index (χ4n) is 8.58. The van der Waals surface area contributed by atoms with Gasteiger partial charge in [-0.2, -0.15) is 0 Å². The Kier molecular flexibility index (Phi) is 58.7. The Labute approximate surface area is 489 Å². The van der Waals surface area contributed by atoms with Crippen LogP contribution in [-0.2, 0) is 42.2 Å². The van der Waals surface area contributed by atoms with Crippen LogP contribution in [0.2, 0.25) is 0 Å². The lowest BCUT2D eigenvalue weighted by Crippen LogP contribution is -2.30. The average molecular weight is 1140 g/mol. The van der Waals surface area contributed by atoms with Gasteiger partial charge in [0.05, 0.1) is 19.8 Å². The Morgan fingerprint density at radius 2 is 0.650 bits per heavy atom. The molecule has 0 aromatic rings. The number of esters is 3. The van der Waals surface area contributed by atoms with E-state index in [4.69, 9.17) is 23.3 Å². The van der Waals surface area contributed by atoms with E-state index in [-0.39, 0.29) is 25.9 Å². The van der Waals surface area contributed by atoms with E-state index in [1.54, 1.807) is 0 Å². The van der Waals surface area contributed by atoms with Crippen LogP contribution in [0.25, 0.3) is 0 Å². The fraction of sp³-hybridized carbons (Fsp3) is 0.721. The van der Waals surface area contributed by atoms with E-state index in [1.165, 1.54) is 83.5 Å². The molecule has 460 valence electrons. The highest BCUT2D eigenvalue weighted by atomic mass is 31.2. The van der Waals surface area contributed by atoms with Crippen LogP contribution >= 0.6 is 7.82 Å². The van der Waals surface area contributed by atoms with E-state index in [1.807, 2.05) is 0 Å². The van der Waals surface area contributed by atoms with Gasteiger partial charge >= 0.3 is 25.7 Å². The lowest BCUT2D eigenvalue weighted by Gasteiger charge is -2.21. The molecule has 0 aromatic carbocycles. The first-order valence-corrected chi connectivity index (χ1v) is 33.6. The molecule has 0 aliphatic rings. The standard InChI is InChI=1S/C68H117O11P/c1-4-7-10-13-16-19-22-25-28-30-32-34-37-39-42-45-48-51-54-57-66(70)75-61-65(79-68(72)59-56-53-50-47-44-41-38-35-33-31-29-26-23-20-17-14-11-8-5-2)63-77-80(73,74)76-62-64(60-69)78-67(71)58-55-52-49-46-43-40-36-27-24-21-18-15-12-9-6-3/h9,12,16-21,25-29,32,34,36,64-65,69H,4-8,10-11,13-15,22-24,30-31,33,35,37-63H2,1-3H3,(H,73,74)/b12-9-,19-16-,20-17-,21-18-,28-25-,29-26-,34-32-,36-27-. The molecule has 3 atom stereocenters. The second-order valence-corrected chi connectivity index (χ2v) is 22.6. The van der Waals surface area contributed by atoms with Crippen molar-refractivity contribution in [2.45, 2.75) is 290 Å². The lowest BCUT2D eigenvalue weighted by molar-refractivity contribution is -0.161. The minimum absolute atomic E-state index is 0.153. The van der Waals surface area contributed by atoms with Crippen LogP contribution in [0.15, 0.2) is 97.2 Å². The minimum atomic E-state index is -4.77. The van der Waals surface area contributed by atoms with Gasteiger partial charge in [0.1, 0.15) is 12.7 Å². The number of hydrogen-bond acceptors (Lipinski definition) is 10. The van der Waals surface area contributed by atoms with Gasteiger partial charge in [-0.15, -0.1) is 0 Å². The van der Waals surface area contributed by atoms with Crippen molar-refractivity contribution in [3.05, 3.63) is 97.2 Å². The van der Waals surface area contributed by atoms with Gasteiger partial charge < -0.3 is 24.2 Å². The number of unbranched alkanes of at least 4 members (excludes halogenated alkanes) is 26. The number of carbonyl (C=O) groups excluding carboxylic acids is 3. The summed E-state index contributed by atoms with van der Waals surface area (Å²) >= 11 is 0. The zero-order valence-electron chi connectivity index (χ0n) is 51.0. The van der Waals surface area contributed by atoms with Gasteiger partial charge in [-0.1, -0.05) is 234 Å². The van der Waals surface area contributed by atoms with Crippen LogP contribution in [0.3, 0.4) is 0 Å². The summed E-state index contributed by atoms with van der Waals surface area (Å²) in [7, 11) is -4.77. The maximum absolute atomic E-state index is 13.0. The molecule has 12 heteroatoms. The third kappa shape index (κ3) is 59.0. The number of rotatable bonds is 59. The number of carbonyl (C=O) groups is 3. The predicted molar refractivity (Wildman–Crippen MR) is 334 cm³/mol. The lowest BCUT2D eigenvalue weighted by atomic mass is 10.1. The molecule has 2 N–H and O–H groups in total. The van der Waals surface area contributed by atoms with Crippen LogP contribution in [0.1, 0.15) is 278 Å². The van der Waals surface area contributed by atoms with Gasteiger partial charge in [-0.3, -0.25) is 23.4 Å². The summed E-state index contributed by atoms with van der Waals surface area (Å²) in [5.41, 5.74) is 0. The molecule has 0 heterocycles. The molecule has 0 spiro atoms. The third-order valence-electron chi connectivity index (χ3n) is 13.5. The Bertz CT molecular complexity index is 1710. The van der Waals surface area contributed by atoms with Gasteiger partial charge in [0.25, 0.3) is 0 Å². The third-order valence-corrected chi connectivity index (χ3v) is 14.4. The first-order valence-electron chi connectivity index (χ1n) is 32.1. The quantitative estimate of drug-likeness (QED) is 0.0197. The normalized spacial score (nSPS) is 13.9. The maximum Gasteiger partial charge on any atom is 0.472 e. The van der Waals surface area contributed by atoms with Crippen LogP contribution in [0.5, 0.6) is 0 Å². The highest BCUT2D eigenvalue weighted by Crippen LogP contribution is 2.43. The maximum atomic E-state index is 13.0. The van der Waals surface area contributed by atoms with Crippen LogP contribution in [0, 0.1) is 0 Å². The summed E-state index contributed by atoms with van der Waals surface area (Å²) in [5.74, 6) is -1.50. The molecule has 0 saturated heterocycles. The number of phosphoric acid groups is 1. The number of aliphatic hydroxyl groups excluding tert-OH is 1. The van der Waals surface area contributed by atoms with Gasteiger partial charge in [0, 0.05) is 19.3 Å². The number of allylic oxidation sites excluding steroid dienone is 16. The molecule has 0 amide bonds. The molecular weight excluding hydrogens is 1020 g/mol. The van der Waals surface area contributed by atoms with Crippen LogP contribution in [-0.4, -0.2) is 66.5 Å². The summed E-state index contributed by atoms with van der Waals surface area (Å²) < 4.78 is 39.7. The van der Waals surface area contributed by atoms with E-state index >= 15 is 0 Å². The molecule has 0 aliphatic heterocycles. The molecule has 3 unspecified atom stereocenters. The average Bonchev–Trinajstić information content (AvgIpc) is 3.45. The Balaban J connectivity index is 4.75. The molecule has 0 radical (unpaired) electrons. The SMILES string of the molecule is CC/C=C\C/C=C\C/C=C\CCCCCCCC(=O)OC(CO)COP(=O)(O)OCC(COC(=O)CCCCCCCC/C=C\C/C=C\C/C=C\CCCCC)OC(=O)CCCCCCCCCCC/C=C\C/C=C\CCCCC. The second kappa shape index (κ2) is 61.5. The second-order valence-electron chi connectivity index (χ2n) is 21.2. The predicted octanol–water partition coefficient (Wildman–Crippen LogP) is 19.6. The zero-order chi connectivity index (χ0) is 58.3. The minimum Gasteiger partial charge on any atom is -0.462 e. The molecule has 0 aliphatic carbocycles. The molecule has 11 nitrogen and oxygen atoms in total. The summed E-state index contributed by atoms with van der Waals surface area (Å²) in [5, 5.41) is 9.84. The van der Waals surface area contributed by atoms with Gasteiger partial charge in [-0.05, 0) is 122 Å². The largest absolute Gasteiger partial charge is 0.472 e. The van der Waals surface area contributed by atoms with Gasteiger partial charge in [-0.25, -0.2) is 4.57 Å². The van der Waals surface area contributed by atoms with Crippen molar-refractivity contribution in [2.75, 3.05) is 26.4 Å². The highest BCUT2D eigenvalue weighted by molar-refractivity contribution is 7.47. The van der Waals surface area contributed by atoms with E-state index < -0.39 is 57.8 Å². The molecule has 0 bridgehead atoms. The van der Waals surface area contributed by atoms with Crippen molar-refractivity contribution >= 4 is 25.7 Å². The van der Waals surface area contributed by atoms with Crippen LogP contribution < -0.4 is 0 Å². The first-order chi connectivity index (χ1) is 39.2. The summed E-state index contributed by atoms with van der Waals surface area (Å²) in [4.78, 5) is 48.8. The van der Waals surface area contributed by atoms with Gasteiger partial charge in [0.15, 0.2) is 6.10 Å². The monoisotopic (exact) mass is 1140 g/mol. The highest BCUT2D eigenvalue weighted by Gasteiger charge is 2.28. The van der Waals surface area contributed by atoms with E-state index in [0.29, 0.717) is 19.3 Å². The van der Waals surface area contributed by atoms with Crippen LogP contribution in [0.4, 0.5) is 0 Å². The van der Waals surface area contributed by atoms with Crippen molar-refractivity contribution in [2.24, 2.45) is 0 Å². The van der Waals surface area contributed by atoms with Crippen molar-refractivity contribution in [1.29, 1.82) is 0 Å². The molecule has 0 rings (SSSR count). The van der Waals surface area contributed by atoms with Crippen molar-refractivity contribution in [3.8, 4) is 0 Å². The molecule has 0 aromatic heterocycles. The van der Waals surface area contributed by atoms with Crippen molar-refractivity contribution in [1.82, 2.24) is 0 Å². The smallest absolute Gasteiger partial charge is 0.462 e.